The molecular formula is C16H26N2O2. The fourth-order valence-electron chi connectivity index (χ4n) is 3.25. The molecule has 4 nitrogen and oxygen atoms in total. The smallest absolute Gasteiger partial charge is 0.305 e. The van der Waals surface area contributed by atoms with E-state index in [0.717, 1.165) is 12.1 Å². The van der Waals surface area contributed by atoms with Crippen molar-refractivity contribution in [2.24, 2.45) is 0 Å². The quantitative estimate of drug-likeness (QED) is 0.625. The second-order valence-corrected chi connectivity index (χ2v) is 5.82. The third-order valence-corrected chi connectivity index (χ3v) is 4.45. The minimum atomic E-state index is -0.147. The first-order chi connectivity index (χ1) is 9.63. The van der Waals surface area contributed by atoms with Crippen LogP contribution < -0.4 is 0 Å². The molecule has 0 saturated heterocycles. The minimum absolute atomic E-state index is 0.147. The molecule has 1 aliphatic rings. The summed E-state index contributed by atoms with van der Waals surface area (Å²) in [5.41, 5.74) is 3.52. The van der Waals surface area contributed by atoms with Gasteiger partial charge in [0.05, 0.1) is 18.8 Å². The molecule has 0 bridgehead atoms. The number of rotatable bonds is 4. The van der Waals surface area contributed by atoms with E-state index in [9.17, 15) is 4.79 Å². The fourth-order valence-corrected chi connectivity index (χ4v) is 3.25. The molecule has 2 rings (SSSR count). The van der Waals surface area contributed by atoms with Gasteiger partial charge in [0.25, 0.3) is 0 Å². The Kier molecular flexibility index (Phi) is 5.21. The lowest BCUT2D eigenvalue weighted by atomic mass is 10.1. The van der Waals surface area contributed by atoms with Crippen LogP contribution in [0, 0.1) is 13.8 Å². The van der Waals surface area contributed by atoms with E-state index in [0.29, 0.717) is 12.5 Å². The summed E-state index contributed by atoms with van der Waals surface area (Å²) in [6.07, 6.45) is 8.96. The molecule has 1 saturated carbocycles. The fraction of sp³-hybridized carbons (Fsp3) is 0.750. The molecule has 0 N–H and O–H groups in total. The predicted octanol–water partition coefficient (Wildman–Crippen LogP) is 3.50. The van der Waals surface area contributed by atoms with E-state index in [1.54, 1.807) is 0 Å². The van der Waals surface area contributed by atoms with Crippen molar-refractivity contribution in [3.8, 4) is 0 Å². The second kappa shape index (κ2) is 6.91. The first-order valence-electron chi connectivity index (χ1n) is 7.75. The maximum atomic E-state index is 11.3. The summed E-state index contributed by atoms with van der Waals surface area (Å²) < 4.78 is 6.94. The SMILES string of the molecule is COC(=O)CCc1c(C)nn(C2CCCCCC2)c1C. The molecule has 0 atom stereocenters. The zero-order valence-corrected chi connectivity index (χ0v) is 12.9. The van der Waals surface area contributed by atoms with E-state index in [1.165, 1.54) is 56.9 Å². The van der Waals surface area contributed by atoms with Crippen molar-refractivity contribution in [2.45, 2.75) is 71.3 Å². The Morgan fingerprint density at radius 3 is 2.50 bits per heavy atom. The first-order valence-corrected chi connectivity index (χ1v) is 7.75. The zero-order chi connectivity index (χ0) is 14.5. The summed E-state index contributed by atoms with van der Waals surface area (Å²) >= 11 is 0. The number of ether oxygens (including phenoxy) is 1. The van der Waals surface area contributed by atoms with Gasteiger partial charge < -0.3 is 4.74 Å². The number of methoxy groups -OCH3 is 1. The van der Waals surface area contributed by atoms with Crippen LogP contribution >= 0.6 is 0 Å². The number of hydrogen-bond donors (Lipinski definition) is 0. The molecule has 112 valence electrons. The Bertz CT molecular complexity index is 457. The largest absolute Gasteiger partial charge is 0.469 e. The van der Waals surface area contributed by atoms with Gasteiger partial charge in [0.15, 0.2) is 0 Å². The number of nitrogens with zero attached hydrogens (tertiary/aromatic N) is 2. The highest BCUT2D eigenvalue weighted by Gasteiger charge is 2.20. The maximum Gasteiger partial charge on any atom is 0.305 e. The molecular weight excluding hydrogens is 252 g/mol. The molecule has 0 aromatic carbocycles. The molecule has 1 fully saturated rings. The van der Waals surface area contributed by atoms with Crippen LogP contribution in [0.25, 0.3) is 0 Å². The molecule has 1 heterocycles. The molecule has 0 aliphatic heterocycles. The summed E-state index contributed by atoms with van der Waals surface area (Å²) in [6, 6.07) is 0.545. The van der Waals surface area contributed by atoms with Crippen LogP contribution in [0.4, 0.5) is 0 Å². The highest BCUT2D eigenvalue weighted by molar-refractivity contribution is 5.69. The summed E-state index contributed by atoms with van der Waals surface area (Å²) in [6.45, 7) is 4.18. The van der Waals surface area contributed by atoms with E-state index >= 15 is 0 Å². The molecule has 0 unspecified atom stereocenters. The average molecular weight is 278 g/mol. The predicted molar refractivity (Wildman–Crippen MR) is 78.8 cm³/mol. The normalized spacial score (nSPS) is 16.9. The van der Waals surface area contributed by atoms with Crippen molar-refractivity contribution in [1.29, 1.82) is 0 Å². The highest BCUT2D eigenvalue weighted by Crippen LogP contribution is 2.29. The van der Waals surface area contributed by atoms with Gasteiger partial charge in [-0.05, 0) is 38.7 Å². The van der Waals surface area contributed by atoms with Gasteiger partial charge in [-0.25, -0.2) is 0 Å². The average Bonchev–Trinajstić information content (AvgIpc) is 2.66. The minimum Gasteiger partial charge on any atom is -0.469 e. The monoisotopic (exact) mass is 278 g/mol. The topological polar surface area (TPSA) is 44.1 Å². The lowest BCUT2D eigenvalue weighted by molar-refractivity contribution is -0.140. The molecule has 1 aromatic heterocycles. The number of carbonyl (C=O) groups excluding carboxylic acids is 1. The third-order valence-electron chi connectivity index (χ3n) is 4.45. The van der Waals surface area contributed by atoms with Crippen LogP contribution in [-0.4, -0.2) is 22.9 Å². The number of hydrogen-bond acceptors (Lipinski definition) is 3. The van der Waals surface area contributed by atoms with E-state index < -0.39 is 0 Å². The second-order valence-electron chi connectivity index (χ2n) is 5.82. The van der Waals surface area contributed by atoms with Crippen molar-refractivity contribution in [1.82, 2.24) is 9.78 Å². The van der Waals surface area contributed by atoms with Gasteiger partial charge in [-0.2, -0.15) is 5.10 Å². The van der Waals surface area contributed by atoms with Crippen LogP contribution in [0.3, 0.4) is 0 Å². The van der Waals surface area contributed by atoms with Crippen molar-refractivity contribution in [2.75, 3.05) is 7.11 Å². The van der Waals surface area contributed by atoms with Gasteiger partial charge in [0, 0.05) is 12.1 Å². The number of aryl methyl sites for hydroxylation is 1. The van der Waals surface area contributed by atoms with Crippen LogP contribution in [0.5, 0.6) is 0 Å². The standard InChI is InChI=1S/C16H26N2O2/c1-12-15(10-11-16(19)20-3)13(2)18(17-12)14-8-6-4-5-7-9-14/h14H,4-11H2,1-3H3. The summed E-state index contributed by atoms with van der Waals surface area (Å²) in [5, 5.41) is 4.74. The Balaban J connectivity index is 2.12. The maximum absolute atomic E-state index is 11.3. The number of carbonyl (C=O) groups is 1. The lowest BCUT2D eigenvalue weighted by Gasteiger charge is -2.17. The molecule has 0 radical (unpaired) electrons. The Morgan fingerprint density at radius 1 is 1.25 bits per heavy atom. The van der Waals surface area contributed by atoms with Crippen molar-refractivity contribution in [3.63, 3.8) is 0 Å². The van der Waals surface area contributed by atoms with Gasteiger partial charge in [0.2, 0.25) is 0 Å². The van der Waals surface area contributed by atoms with Crippen molar-refractivity contribution >= 4 is 5.97 Å². The molecule has 0 amide bonds. The summed E-state index contributed by atoms with van der Waals surface area (Å²) in [4.78, 5) is 11.3. The third kappa shape index (κ3) is 3.41. The number of aromatic nitrogens is 2. The van der Waals surface area contributed by atoms with Crippen molar-refractivity contribution in [3.05, 3.63) is 17.0 Å². The Morgan fingerprint density at radius 2 is 1.90 bits per heavy atom. The van der Waals surface area contributed by atoms with E-state index in [-0.39, 0.29) is 5.97 Å². The van der Waals surface area contributed by atoms with Gasteiger partial charge >= 0.3 is 5.97 Å². The van der Waals surface area contributed by atoms with Gasteiger partial charge in [-0.3, -0.25) is 9.48 Å². The molecule has 1 aliphatic carbocycles. The summed E-state index contributed by atoms with van der Waals surface area (Å²) in [7, 11) is 1.44. The molecule has 20 heavy (non-hydrogen) atoms. The van der Waals surface area contributed by atoms with E-state index in [4.69, 9.17) is 9.84 Å². The molecule has 1 aromatic rings. The number of esters is 1. The summed E-state index contributed by atoms with van der Waals surface area (Å²) in [5.74, 6) is -0.147. The van der Waals surface area contributed by atoms with Gasteiger partial charge in [-0.1, -0.05) is 25.7 Å². The molecule has 4 heteroatoms. The first kappa shape index (κ1) is 15.1. The van der Waals surface area contributed by atoms with Crippen molar-refractivity contribution < 1.29 is 9.53 Å². The van der Waals surface area contributed by atoms with E-state index in [1.807, 2.05) is 6.92 Å². The van der Waals surface area contributed by atoms with Gasteiger partial charge in [-0.15, -0.1) is 0 Å². The zero-order valence-electron chi connectivity index (χ0n) is 12.9. The van der Waals surface area contributed by atoms with E-state index in [2.05, 4.69) is 11.6 Å². The van der Waals surface area contributed by atoms with Crippen LogP contribution in [-0.2, 0) is 16.0 Å². The Labute approximate surface area is 121 Å². The highest BCUT2D eigenvalue weighted by atomic mass is 16.5. The molecule has 0 spiro atoms. The van der Waals surface area contributed by atoms with Crippen LogP contribution in [0.2, 0.25) is 0 Å². The lowest BCUT2D eigenvalue weighted by Crippen LogP contribution is -2.12. The van der Waals surface area contributed by atoms with Gasteiger partial charge in [0.1, 0.15) is 0 Å². The van der Waals surface area contributed by atoms with Crippen LogP contribution in [0.1, 0.15) is 67.9 Å². The van der Waals surface area contributed by atoms with Crippen LogP contribution in [0.15, 0.2) is 0 Å². The Hall–Kier alpha value is -1.32.